The van der Waals surface area contributed by atoms with Crippen molar-refractivity contribution in [3.8, 4) is 0 Å². The molecule has 1 N–H and O–H groups in total. The second-order valence-corrected chi connectivity index (χ2v) is 4.88. The summed E-state index contributed by atoms with van der Waals surface area (Å²) in [5.41, 5.74) is 1.12. The highest BCUT2D eigenvalue weighted by Crippen LogP contribution is 2.35. The monoisotopic (exact) mass is 224 g/mol. The zero-order valence-electron chi connectivity index (χ0n) is 8.37. The number of piperidine rings is 1. The summed E-state index contributed by atoms with van der Waals surface area (Å²) >= 11 is 6.17. The molecule has 0 aliphatic carbocycles. The van der Waals surface area contributed by atoms with Crippen molar-refractivity contribution in [3.63, 3.8) is 0 Å². The first-order chi connectivity index (χ1) is 7.25. The van der Waals surface area contributed by atoms with Gasteiger partial charge in [0.1, 0.15) is 0 Å². The molecular weight excluding hydrogens is 212 g/mol. The molecule has 0 radical (unpaired) electrons. The van der Waals surface area contributed by atoms with E-state index in [1.54, 1.807) is 12.1 Å². The Balaban J connectivity index is 2.20. The Bertz CT molecular complexity index is 454. The van der Waals surface area contributed by atoms with E-state index in [-0.39, 0.29) is 5.56 Å². The molecule has 0 amide bonds. The van der Waals surface area contributed by atoms with Crippen LogP contribution in [-0.2, 0) is 6.54 Å². The summed E-state index contributed by atoms with van der Waals surface area (Å²) < 4.78 is 1.86. The van der Waals surface area contributed by atoms with Gasteiger partial charge in [-0.1, -0.05) is 11.6 Å². The third kappa shape index (κ3) is 1.42. The summed E-state index contributed by atoms with van der Waals surface area (Å²) in [6.45, 7) is 2.78. The van der Waals surface area contributed by atoms with Gasteiger partial charge in [0.2, 0.25) is 0 Å². The number of halogens is 1. The topological polar surface area (TPSA) is 34.0 Å². The molecule has 3 rings (SSSR count). The molecule has 2 bridgehead atoms. The number of hydrogen-bond acceptors (Lipinski definition) is 2. The predicted octanol–water partition coefficient (Wildman–Crippen LogP) is 1.21. The lowest BCUT2D eigenvalue weighted by Crippen LogP contribution is -2.44. The highest BCUT2D eigenvalue weighted by molar-refractivity contribution is 6.31. The summed E-state index contributed by atoms with van der Waals surface area (Å²) in [5.74, 6) is 1.01. The number of nitrogens with one attached hydrogen (secondary N) is 1. The summed E-state index contributed by atoms with van der Waals surface area (Å²) in [7, 11) is 0. The average Bonchev–Trinajstić information content (AvgIpc) is 2.24. The van der Waals surface area contributed by atoms with E-state index >= 15 is 0 Å². The maximum Gasteiger partial charge on any atom is 0.250 e. The van der Waals surface area contributed by atoms with Gasteiger partial charge in [0.15, 0.2) is 0 Å². The molecule has 2 unspecified atom stereocenters. The Kier molecular flexibility index (Phi) is 2.11. The van der Waals surface area contributed by atoms with Crippen molar-refractivity contribution in [3.05, 3.63) is 33.2 Å². The van der Waals surface area contributed by atoms with Crippen LogP contribution in [0.25, 0.3) is 0 Å². The minimum atomic E-state index is 0.0889. The van der Waals surface area contributed by atoms with Crippen molar-refractivity contribution < 1.29 is 0 Å². The van der Waals surface area contributed by atoms with Gasteiger partial charge in [-0.05, 0) is 24.9 Å². The lowest BCUT2D eigenvalue weighted by Gasteiger charge is -2.37. The van der Waals surface area contributed by atoms with Crippen LogP contribution in [0.4, 0.5) is 0 Å². The number of rotatable bonds is 0. The van der Waals surface area contributed by atoms with Crippen LogP contribution in [-0.4, -0.2) is 17.7 Å². The Morgan fingerprint density at radius 3 is 3.13 bits per heavy atom. The molecule has 15 heavy (non-hydrogen) atoms. The fraction of sp³-hybridized carbons (Fsp3) is 0.545. The Morgan fingerprint density at radius 1 is 1.40 bits per heavy atom. The van der Waals surface area contributed by atoms with Crippen LogP contribution in [0.5, 0.6) is 0 Å². The van der Waals surface area contributed by atoms with Gasteiger partial charge >= 0.3 is 0 Å². The maximum absolute atomic E-state index is 11.7. The predicted molar refractivity (Wildman–Crippen MR) is 59.4 cm³/mol. The molecule has 2 aliphatic rings. The van der Waals surface area contributed by atoms with Crippen LogP contribution in [0.15, 0.2) is 16.9 Å². The first kappa shape index (κ1) is 9.43. The number of hydrogen-bond donors (Lipinski definition) is 1. The van der Waals surface area contributed by atoms with Gasteiger partial charge < -0.3 is 9.88 Å². The van der Waals surface area contributed by atoms with Gasteiger partial charge in [0.05, 0.1) is 5.02 Å². The number of fused-ring (bicyclic) bond motifs is 4. The number of aromatic nitrogens is 1. The molecule has 0 saturated carbocycles. The largest absolute Gasteiger partial charge is 0.316 e. The molecule has 0 spiro atoms. The second-order valence-electron chi connectivity index (χ2n) is 4.47. The average molecular weight is 225 g/mol. The molecule has 0 aromatic carbocycles. The SMILES string of the molecule is O=c1ccc(Cl)c2n1CC1CNCC2C1. The van der Waals surface area contributed by atoms with Gasteiger partial charge in [-0.2, -0.15) is 0 Å². The van der Waals surface area contributed by atoms with Crippen LogP contribution in [0.2, 0.25) is 5.02 Å². The highest BCUT2D eigenvalue weighted by Gasteiger charge is 2.32. The van der Waals surface area contributed by atoms with Crippen LogP contribution < -0.4 is 10.9 Å². The molecule has 4 heteroatoms. The van der Waals surface area contributed by atoms with Gasteiger partial charge in [-0.25, -0.2) is 0 Å². The molecule has 1 aromatic heterocycles. The number of nitrogens with zero attached hydrogens (tertiary/aromatic N) is 1. The van der Waals surface area contributed by atoms with E-state index in [1.165, 1.54) is 0 Å². The normalized spacial score (nSPS) is 28.6. The lowest BCUT2D eigenvalue weighted by molar-refractivity contribution is 0.257. The number of pyridine rings is 1. The Morgan fingerprint density at radius 2 is 2.27 bits per heavy atom. The quantitative estimate of drug-likeness (QED) is 0.719. The smallest absolute Gasteiger partial charge is 0.250 e. The molecule has 1 saturated heterocycles. The standard InChI is InChI=1S/C11H13ClN2O/c12-9-1-2-10(15)14-6-7-3-8(11(9)14)5-13-4-7/h1-2,7-8,13H,3-6H2. The second kappa shape index (κ2) is 3.35. The van der Waals surface area contributed by atoms with Crippen molar-refractivity contribution in [2.24, 2.45) is 5.92 Å². The van der Waals surface area contributed by atoms with Gasteiger partial charge in [0, 0.05) is 30.8 Å². The van der Waals surface area contributed by atoms with Crippen molar-refractivity contribution >= 4 is 11.6 Å². The summed E-state index contributed by atoms with van der Waals surface area (Å²) in [6, 6.07) is 3.30. The van der Waals surface area contributed by atoms with Crippen LogP contribution in [0, 0.1) is 5.92 Å². The Hall–Kier alpha value is -0.800. The van der Waals surface area contributed by atoms with Crippen LogP contribution >= 0.6 is 11.6 Å². The van der Waals surface area contributed by atoms with E-state index < -0.39 is 0 Å². The highest BCUT2D eigenvalue weighted by atomic mass is 35.5. The molecule has 3 heterocycles. The van der Waals surface area contributed by atoms with E-state index in [2.05, 4.69) is 5.32 Å². The lowest BCUT2D eigenvalue weighted by atomic mass is 9.84. The molecule has 2 aliphatic heterocycles. The van der Waals surface area contributed by atoms with E-state index in [9.17, 15) is 4.79 Å². The van der Waals surface area contributed by atoms with Crippen molar-refractivity contribution in [2.75, 3.05) is 13.1 Å². The zero-order chi connectivity index (χ0) is 10.4. The van der Waals surface area contributed by atoms with Gasteiger partial charge in [-0.3, -0.25) is 4.79 Å². The fourth-order valence-corrected chi connectivity index (χ4v) is 3.13. The first-order valence-electron chi connectivity index (χ1n) is 5.35. The van der Waals surface area contributed by atoms with Gasteiger partial charge in [-0.15, -0.1) is 0 Å². The summed E-state index contributed by atoms with van der Waals surface area (Å²) in [5, 5.41) is 4.14. The van der Waals surface area contributed by atoms with Crippen molar-refractivity contribution in [1.29, 1.82) is 0 Å². The fourth-order valence-electron chi connectivity index (χ4n) is 2.81. The minimum Gasteiger partial charge on any atom is -0.316 e. The third-order valence-electron chi connectivity index (χ3n) is 3.44. The van der Waals surface area contributed by atoms with Crippen molar-refractivity contribution in [2.45, 2.75) is 18.9 Å². The van der Waals surface area contributed by atoms with E-state index in [1.807, 2.05) is 4.57 Å². The van der Waals surface area contributed by atoms with Crippen molar-refractivity contribution in [1.82, 2.24) is 9.88 Å². The van der Waals surface area contributed by atoms with E-state index in [0.29, 0.717) is 11.8 Å². The first-order valence-corrected chi connectivity index (χ1v) is 5.73. The molecule has 1 aromatic rings. The summed E-state index contributed by atoms with van der Waals surface area (Å²) in [4.78, 5) is 11.7. The molecule has 1 fully saturated rings. The maximum atomic E-state index is 11.7. The molecule has 3 nitrogen and oxygen atoms in total. The molecular formula is C11H13ClN2O. The van der Waals surface area contributed by atoms with Crippen LogP contribution in [0.1, 0.15) is 18.0 Å². The Labute approximate surface area is 93.1 Å². The minimum absolute atomic E-state index is 0.0889. The van der Waals surface area contributed by atoms with Crippen LogP contribution in [0.3, 0.4) is 0 Å². The molecule has 2 atom stereocenters. The summed E-state index contributed by atoms with van der Waals surface area (Å²) in [6.07, 6.45) is 1.16. The van der Waals surface area contributed by atoms with Gasteiger partial charge in [0.25, 0.3) is 5.56 Å². The van der Waals surface area contributed by atoms with E-state index in [0.717, 1.165) is 36.8 Å². The molecule has 80 valence electrons. The third-order valence-corrected chi connectivity index (χ3v) is 3.76. The van der Waals surface area contributed by atoms with E-state index in [4.69, 9.17) is 11.6 Å². The zero-order valence-corrected chi connectivity index (χ0v) is 9.13.